The van der Waals surface area contributed by atoms with Crippen LogP contribution in [-0.4, -0.2) is 38.1 Å². The monoisotopic (exact) mass is 471 g/mol. The molecule has 0 aromatic carbocycles. The Morgan fingerprint density at radius 1 is 1.25 bits per heavy atom. The van der Waals surface area contributed by atoms with E-state index in [1.165, 1.54) is 18.0 Å². The summed E-state index contributed by atoms with van der Waals surface area (Å²) in [7, 11) is 0. The van der Waals surface area contributed by atoms with Gasteiger partial charge in [0.1, 0.15) is 16.5 Å². The Hall–Kier alpha value is -2.46. The van der Waals surface area contributed by atoms with Gasteiger partial charge in [0.2, 0.25) is 0 Å². The van der Waals surface area contributed by atoms with Gasteiger partial charge in [-0.2, -0.15) is 0 Å². The number of anilines is 2. The second-order valence-corrected chi connectivity index (χ2v) is 9.59. The Bertz CT molecular complexity index is 1230. The molecular formula is C22H24ClN7OS. The van der Waals surface area contributed by atoms with Crippen molar-refractivity contribution in [3.05, 3.63) is 58.8 Å². The first-order chi connectivity index (χ1) is 16.2. The van der Waals surface area contributed by atoms with Crippen LogP contribution in [0.15, 0.2) is 46.7 Å². The zero-order valence-corrected chi connectivity index (χ0v) is 18.8. The molecule has 0 saturated carbocycles. The van der Waals surface area contributed by atoms with Gasteiger partial charge in [-0.1, -0.05) is 29.4 Å². The highest BCUT2D eigenvalue weighted by Crippen LogP contribution is 2.50. The summed E-state index contributed by atoms with van der Waals surface area (Å²) in [6.07, 6.45) is 7.34. The average molecular weight is 472 g/mol. The van der Waals surface area contributed by atoms with E-state index in [4.69, 9.17) is 25.8 Å². The van der Waals surface area contributed by atoms with Crippen molar-refractivity contribution in [3.8, 4) is 0 Å². The minimum Gasteiger partial charge on any atom is -0.390 e. The molecule has 1 saturated heterocycles. The SMILES string of the molecule is [2H]C([2H])(O)c1nc(Sc2ccnc(N)c2Cl)cnc1N1CCC2(CC1)Cc1ncccc1[C@H]2N. The molecule has 1 fully saturated rings. The van der Waals surface area contributed by atoms with Crippen molar-refractivity contribution in [2.24, 2.45) is 11.1 Å². The van der Waals surface area contributed by atoms with Gasteiger partial charge in [-0.25, -0.2) is 15.0 Å². The molecular weight excluding hydrogens is 446 g/mol. The van der Waals surface area contributed by atoms with Gasteiger partial charge in [-0.05, 0) is 42.4 Å². The number of nitrogens with zero attached hydrogens (tertiary/aromatic N) is 5. The number of piperidine rings is 1. The zero-order chi connectivity index (χ0) is 24.1. The number of aromatic nitrogens is 4. The highest BCUT2D eigenvalue weighted by atomic mass is 35.5. The minimum absolute atomic E-state index is 0.0766. The normalized spacial score (nSPS) is 20.7. The molecule has 5 N–H and O–H groups in total. The first-order valence-electron chi connectivity index (χ1n) is 11.3. The number of hydrogen-bond donors (Lipinski definition) is 3. The fourth-order valence-corrected chi connectivity index (χ4v) is 5.68. The molecule has 8 nitrogen and oxygen atoms in total. The van der Waals surface area contributed by atoms with Gasteiger partial charge in [0, 0.05) is 42.1 Å². The number of aliphatic hydroxyl groups is 1. The first kappa shape index (κ1) is 19.0. The van der Waals surface area contributed by atoms with Gasteiger partial charge in [0.05, 0.1) is 20.5 Å². The third-order valence-corrected chi connectivity index (χ3v) is 7.91. The van der Waals surface area contributed by atoms with Crippen LogP contribution in [0.1, 0.15) is 38.6 Å². The molecule has 1 aliphatic carbocycles. The molecule has 3 aromatic heterocycles. The van der Waals surface area contributed by atoms with E-state index in [9.17, 15) is 5.11 Å². The Labute approximate surface area is 198 Å². The molecule has 1 atom stereocenters. The maximum Gasteiger partial charge on any atom is 0.152 e. The lowest BCUT2D eigenvalue weighted by molar-refractivity contribution is 0.186. The second-order valence-electron chi connectivity index (χ2n) is 8.15. The molecule has 0 bridgehead atoms. The van der Waals surface area contributed by atoms with E-state index in [2.05, 4.69) is 26.0 Å². The van der Waals surface area contributed by atoms with Crippen molar-refractivity contribution < 1.29 is 7.85 Å². The Balaban J connectivity index is 1.39. The van der Waals surface area contributed by atoms with Crippen LogP contribution in [0.25, 0.3) is 0 Å². The third kappa shape index (κ3) is 3.69. The first-order valence-corrected chi connectivity index (χ1v) is 11.5. The van der Waals surface area contributed by atoms with Crippen LogP contribution in [0, 0.1) is 5.41 Å². The summed E-state index contributed by atoms with van der Waals surface area (Å²) in [4.78, 5) is 19.9. The Morgan fingerprint density at radius 2 is 2.06 bits per heavy atom. The lowest BCUT2D eigenvalue weighted by Crippen LogP contribution is -2.45. The average Bonchev–Trinajstić information content (AvgIpc) is 3.08. The van der Waals surface area contributed by atoms with Crippen molar-refractivity contribution in [1.82, 2.24) is 19.9 Å². The van der Waals surface area contributed by atoms with Crippen molar-refractivity contribution in [3.63, 3.8) is 0 Å². The molecule has 1 aliphatic heterocycles. The molecule has 0 radical (unpaired) electrons. The van der Waals surface area contributed by atoms with E-state index in [-0.39, 0.29) is 28.0 Å². The quantitative estimate of drug-likeness (QED) is 0.526. The summed E-state index contributed by atoms with van der Waals surface area (Å²) in [6, 6.07) is 5.58. The van der Waals surface area contributed by atoms with Crippen LogP contribution in [0.4, 0.5) is 11.6 Å². The van der Waals surface area contributed by atoms with Gasteiger partial charge in [0.25, 0.3) is 0 Å². The van der Waals surface area contributed by atoms with Crippen LogP contribution in [0.2, 0.25) is 5.02 Å². The van der Waals surface area contributed by atoms with Gasteiger partial charge in [-0.3, -0.25) is 4.98 Å². The van der Waals surface area contributed by atoms with Gasteiger partial charge in [0.15, 0.2) is 5.82 Å². The van der Waals surface area contributed by atoms with E-state index in [0.717, 1.165) is 30.5 Å². The highest BCUT2D eigenvalue weighted by Gasteiger charge is 2.46. The zero-order valence-electron chi connectivity index (χ0n) is 19.2. The van der Waals surface area contributed by atoms with Crippen LogP contribution >= 0.6 is 23.4 Å². The minimum atomic E-state index is -2.67. The van der Waals surface area contributed by atoms with Crippen molar-refractivity contribution in [1.29, 1.82) is 0 Å². The van der Waals surface area contributed by atoms with Gasteiger partial charge in [-0.15, -0.1) is 0 Å². The Morgan fingerprint density at radius 3 is 2.81 bits per heavy atom. The molecule has 3 aromatic rings. The van der Waals surface area contributed by atoms with E-state index < -0.39 is 6.56 Å². The predicted molar refractivity (Wildman–Crippen MR) is 124 cm³/mol. The van der Waals surface area contributed by atoms with Gasteiger partial charge < -0.3 is 21.5 Å². The lowest BCUT2D eigenvalue weighted by atomic mass is 9.73. The topological polar surface area (TPSA) is 127 Å². The smallest absolute Gasteiger partial charge is 0.152 e. The standard InChI is InChI=1S/C22H24ClN7OS/c23-18-16(3-7-27-20(18)25)32-17-11-28-21(15(12-31)29-17)30-8-4-22(5-9-30)10-14-13(19(22)24)2-1-6-26-14/h1-3,6-7,11,19,31H,4-5,8-10,12,24H2,(H2,25,27)/t19-/m1/s1/i12D2. The van der Waals surface area contributed by atoms with Crippen molar-refractivity contribution in [2.45, 2.75) is 41.8 Å². The van der Waals surface area contributed by atoms with E-state index in [1.807, 2.05) is 11.0 Å². The predicted octanol–water partition coefficient (Wildman–Crippen LogP) is 2.99. The summed E-state index contributed by atoms with van der Waals surface area (Å²) >= 11 is 7.40. The van der Waals surface area contributed by atoms with Crippen molar-refractivity contribution >= 4 is 35.0 Å². The highest BCUT2D eigenvalue weighted by molar-refractivity contribution is 7.99. The largest absolute Gasteiger partial charge is 0.390 e. The molecule has 32 heavy (non-hydrogen) atoms. The molecule has 5 rings (SSSR count). The van der Waals surface area contributed by atoms with Gasteiger partial charge >= 0.3 is 0 Å². The summed E-state index contributed by atoms with van der Waals surface area (Å²) in [5.74, 6) is 0.521. The summed E-state index contributed by atoms with van der Waals surface area (Å²) in [5.41, 5.74) is 14.4. The molecule has 10 heteroatoms. The molecule has 2 aliphatic rings. The number of nitrogen functional groups attached to an aromatic ring is 1. The van der Waals surface area contributed by atoms with Crippen LogP contribution in [0.3, 0.4) is 0 Å². The number of fused-ring (bicyclic) bond motifs is 1. The number of halogens is 1. The maximum absolute atomic E-state index is 10.3. The fraction of sp³-hybridized carbons (Fsp3) is 0.364. The number of pyridine rings is 2. The fourth-order valence-electron chi connectivity index (χ4n) is 4.66. The van der Waals surface area contributed by atoms with E-state index in [1.54, 1.807) is 18.5 Å². The Kier molecular flexibility index (Phi) is 5.04. The molecule has 4 heterocycles. The van der Waals surface area contributed by atoms with E-state index in [0.29, 0.717) is 28.8 Å². The maximum atomic E-state index is 10.3. The number of hydrogen-bond acceptors (Lipinski definition) is 9. The van der Waals surface area contributed by atoms with Crippen LogP contribution < -0.4 is 16.4 Å². The van der Waals surface area contributed by atoms with Crippen LogP contribution in [-0.2, 0) is 13.0 Å². The number of rotatable bonds is 4. The molecule has 0 unspecified atom stereocenters. The van der Waals surface area contributed by atoms with Crippen LogP contribution in [0.5, 0.6) is 0 Å². The second kappa shape index (κ2) is 8.47. The lowest BCUT2D eigenvalue weighted by Gasteiger charge is -2.42. The third-order valence-electron chi connectivity index (χ3n) is 6.43. The number of nitrogens with two attached hydrogens (primary N) is 2. The summed E-state index contributed by atoms with van der Waals surface area (Å²) in [5, 5.41) is 10.9. The molecule has 0 amide bonds. The molecule has 1 spiro atoms. The summed E-state index contributed by atoms with van der Waals surface area (Å²) in [6.45, 7) is -1.42. The summed E-state index contributed by atoms with van der Waals surface area (Å²) < 4.78 is 15.9. The van der Waals surface area contributed by atoms with Crippen molar-refractivity contribution in [2.75, 3.05) is 23.7 Å². The van der Waals surface area contributed by atoms with E-state index >= 15 is 0 Å². The molecule has 166 valence electrons.